The van der Waals surface area contributed by atoms with Crippen molar-refractivity contribution in [3.8, 4) is 0 Å². The number of rotatable bonds is 8. The van der Waals surface area contributed by atoms with Gasteiger partial charge in [-0.25, -0.2) is 0 Å². The quantitative estimate of drug-likeness (QED) is 0.545. The van der Waals surface area contributed by atoms with Crippen LogP contribution < -0.4 is 10.6 Å². The van der Waals surface area contributed by atoms with Gasteiger partial charge in [-0.3, -0.25) is 0 Å². The Morgan fingerprint density at radius 1 is 1.31 bits per heavy atom. The largest absolute Gasteiger partial charge is 0.383 e. The number of methoxy groups -OCH3 is 1. The fourth-order valence-corrected chi connectivity index (χ4v) is 1.59. The van der Waals surface area contributed by atoms with Crippen LogP contribution in [0.3, 0.4) is 0 Å². The van der Waals surface area contributed by atoms with Gasteiger partial charge in [-0.15, -0.1) is 0 Å². The first-order valence-corrected chi connectivity index (χ1v) is 5.31. The van der Waals surface area contributed by atoms with Crippen LogP contribution in [0.25, 0.3) is 0 Å². The SMILES string of the molecule is CCC1CC1NCCNCCOC. The van der Waals surface area contributed by atoms with Crippen LogP contribution >= 0.6 is 0 Å². The second-order valence-electron chi connectivity index (χ2n) is 3.71. The maximum absolute atomic E-state index is 4.93. The predicted octanol–water partition coefficient (Wildman–Crippen LogP) is 0.611. The van der Waals surface area contributed by atoms with Crippen LogP contribution in [-0.4, -0.2) is 39.4 Å². The second kappa shape index (κ2) is 6.35. The van der Waals surface area contributed by atoms with Crippen LogP contribution in [0.5, 0.6) is 0 Å². The highest BCUT2D eigenvalue weighted by Crippen LogP contribution is 2.32. The van der Waals surface area contributed by atoms with E-state index in [1.807, 2.05) is 0 Å². The molecule has 13 heavy (non-hydrogen) atoms. The van der Waals surface area contributed by atoms with Gasteiger partial charge < -0.3 is 15.4 Å². The van der Waals surface area contributed by atoms with E-state index in [2.05, 4.69) is 17.6 Å². The Hall–Kier alpha value is -0.120. The average molecular weight is 186 g/mol. The molecule has 0 amide bonds. The van der Waals surface area contributed by atoms with Gasteiger partial charge in [-0.1, -0.05) is 13.3 Å². The molecule has 2 unspecified atom stereocenters. The van der Waals surface area contributed by atoms with Gasteiger partial charge in [-0.2, -0.15) is 0 Å². The second-order valence-corrected chi connectivity index (χ2v) is 3.71. The molecule has 1 rings (SSSR count). The lowest BCUT2D eigenvalue weighted by atomic mass is 10.3. The lowest BCUT2D eigenvalue weighted by molar-refractivity contribution is 0.199. The van der Waals surface area contributed by atoms with Crippen molar-refractivity contribution in [2.75, 3.05) is 33.4 Å². The molecule has 1 aliphatic carbocycles. The fraction of sp³-hybridized carbons (Fsp3) is 1.00. The molecule has 0 aromatic rings. The summed E-state index contributed by atoms with van der Waals surface area (Å²) < 4.78 is 4.93. The van der Waals surface area contributed by atoms with Gasteiger partial charge in [0.15, 0.2) is 0 Å². The molecule has 3 nitrogen and oxygen atoms in total. The molecule has 2 atom stereocenters. The summed E-state index contributed by atoms with van der Waals surface area (Å²) in [6.45, 7) is 6.17. The normalized spacial score (nSPS) is 26.3. The van der Waals surface area contributed by atoms with E-state index in [4.69, 9.17) is 4.74 Å². The Bertz CT molecular complexity index is 130. The summed E-state index contributed by atoms with van der Waals surface area (Å²) >= 11 is 0. The minimum Gasteiger partial charge on any atom is -0.383 e. The highest BCUT2D eigenvalue weighted by Gasteiger charge is 2.34. The molecular formula is C10H22N2O. The molecule has 78 valence electrons. The van der Waals surface area contributed by atoms with Crippen molar-refractivity contribution < 1.29 is 4.74 Å². The van der Waals surface area contributed by atoms with Gasteiger partial charge in [0.1, 0.15) is 0 Å². The van der Waals surface area contributed by atoms with E-state index in [0.29, 0.717) is 0 Å². The summed E-state index contributed by atoms with van der Waals surface area (Å²) in [6.07, 6.45) is 2.71. The first-order chi connectivity index (χ1) is 6.38. The number of ether oxygens (including phenoxy) is 1. The monoisotopic (exact) mass is 186 g/mol. The van der Waals surface area contributed by atoms with Crippen molar-refractivity contribution in [1.29, 1.82) is 0 Å². The zero-order valence-corrected chi connectivity index (χ0v) is 8.81. The number of hydrogen-bond donors (Lipinski definition) is 2. The molecule has 0 aromatic carbocycles. The van der Waals surface area contributed by atoms with Crippen LogP contribution in [0.1, 0.15) is 19.8 Å². The molecule has 1 fully saturated rings. The molecule has 0 heterocycles. The van der Waals surface area contributed by atoms with Crippen LogP contribution in [0.2, 0.25) is 0 Å². The Morgan fingerprint density at radius 2 is 2.15 bits per heavy atom. The fourth-order valence-electron chi connectivity index (χ4n) is 1.59. The minimum atomic E-state index is 0.807. The highest BCUT2D eigenvalue weighted by molar-refractivity contribution is 4.91. The van der Waals surface area contributed by atoms with Crippen molar-refractivity contribution in [3.63, 3.8) is 0 Å². The number of hydrogen-bond acceptors (Lipinski definition) is 3. The third kappa shape index (κ3) is 4.60. The van der Waals surface area contributed by atoms with Crippen LogP contribution in [0.4, 0.5) is 0 Å². The van der Waals surface area contributed by atoms with Crippen LogP contribution in [0, 0.1) is 5.92 Å². The van der Waals surface area contributed by atoms with Gasteiger partial charge in [0.25, 0.3) is 0 Å². The van der Waals surface area contributed by atoms with Gasteiger partial charge in [0, 0.05) is 32.8 Å². The van der Waals surface area contributed by atoms with Crippen molar-refractivity contribution >= 4 is 0 Å². The molecule has 2 N–H and O–H groups in total. The first-order valence-electron chi connectivity index (χ1n) is 5.31. The standard InChI is InChI=1S/C10H22N2O/c1-3-9-8-10(9)12-5-4-11-6-7-13-2/h9-12H,3-8H2,1-2H3. The lowest BCUT2D eigenvalue weighted by Crippen LogP contribution is -2.31. The van der Waals surface area contributed by atoms with E-state index in [1.54, 1.807) is 7.11 Å². The van der Waals surface area contributed by atoms with E-state index in [0.717, 1.165) is 38.2 Å². The Kier molecular flexibility index (Phi) is 5.35. The van der Waals surface area contributed by atoms with Crippen molar-refractivity contribution in [3.05, 3.63) is 0 Å². The van der Waals surface area contributed by atoms with Crippen molar-refractivity contribution in [2.24, 2.45) is 5.92 Å². The zero-order valence-electron chi connectivity index (χ0n) is 8.81. The van der Waals surface area contributed by atoms with E-state index in [1.165, 1.54) is 12.8 Å². The Balaban J connectivity index is 1.75. The maximum atomic E-state index is 4.93. The van der Waals surface area contributed by atoms with Crippen LogP contribution in [0.15, 0.2) is 0 Å². The van der Waals surface area contributed by atoms with Gasteiger partial charge in [0.2, 0.25) is 0 Å². The maximum Gasteiger partial charge on any atom is 0.0587 e. The summed E-state index contributed by atoms with van der Waals surface area (Å²) in [5.74, 6) is 0.957. The lowest BCUT2D eigenvalue weighted by Gasteiger charge is -2.05. The summed E-state index contributed by atoms with van der Waals surface area (Å²) in [7, 11) is 1.73. The third-order valence-electron chi connectivity index (χ3n) is 2.64. The first kappa shape index (κ1) is 11.0. The third-order valence-corrected chi connectivity index (χ3v) is 2.64. The van der Waals surface area contributed by atoms with Gasteiger partial charge in [0.05, 0.1) is 6.61 Å². The van der Waals surface area contributed by atoms with Crippen molar-refractivity contribution in [1.82, 2.24) is 10.6 Å². The molecule has 0 aromatic heterocycles. The topological polar surface area (TPSA) is 33.3 Å². The Morgan fingerprint density at radius 3 is 2.77 bits per heavy atom. The molecule has 0 bridgehead atoms. The molecular weight excluding hydrogens is 164 g/mol. The highest BCUT2D eigenvalue weighted by atomic mass is 16.5. The van der Waals surface area contributed by atoms with Crippen molar-refractivity contribution in [2.45, 2.75) is 25.8 Å². The van der Waals surface area contributed by atoms with Gasteiger partial charge in [-0.05, 0) is 12.3 Å². The van der Waals surface area contributed by atoms with E-state index >= 15 is 0 Å². The summed E-state index contributed by atoms with van der Waals surface area (Å²) in [5.41, 5.74) is 0. The molecule has 1 aliphatic rings. The summed E-state index contributed by atoms with van der Waals surface area (Å²) in [6, 6.07) is 0.814. The number of nitrogens with one attached hydrogen (secondary N) is 2. The summed E-state index contributed by atoms with van der Waals surface area (Å²) in [4.78, 5) is 0. The Labute approximate surface area is 81.2 Å². The molecule has 0 radical (unpaired) electrons. The molecule has 1 saturated carbocycles. The van der Waals surface area contributed by atoms with E-state index in [-0.39, 0.29) is 0 Å². The average Bonchev–Trinajstić information content (AvgIpc) is 2.90. The predicted molar refractivity (Wildman–Crippen MR) is 54.9 cm³/mol. The molecule has 0 spiro atoms. The molecule has 3 heteroatoms. The van der Waals surface area contributed by atoms with Gasteiger partial charge >= 0.3 is 0 Å². The smallest absolute Gasteiger partial charge is 0.0587 e. The molecule has 0 aliphatic heterocycles. The van der Waals surface area contributed by atoms with E-state index in [9.17, 15) is 0 Å². The van der Waals surface area contributed by atoms with Crippen LogP contribution in [-0.2, 0) is 4.74 Å². The van der Waals surface area contributed by atoms with E-state index < -0.39 is 0 Å². The zero-order chi connectivity index (χ0) is 9.52. The molecule has 0 saturated heterocycles. The summed E-state index contributed by atoms with van der Waals surface area (Å²) in [5, 5.41) is 6.85. The minimum absolute atomic E-state index is 0.807.